The predicted molar refractivity (Wildman–Crippen MR) is 69.1 cm³/mol. The van der Waals surface area contributed by atoms with Crippen LogP contribution in [0.4, 0.5) is 17.6 Å². The maximum absolute atomic E-state index is 14.0. The zero-order chi connectivity index (χ0) is 15.8. The summed E-state index contributed by atoms with van der Waals surface area (Å²) in [6, 6.07) is 2.48. The molecular weight excluding hydrogens is 288 g/mol. The number of rotatable bonds is 1. The predicted octanol–water partition coefficient (Wildman–Crippen LogP) is 2.65. The van der Waals surface area contributed by atoms with E-state index in [0.29, 0.717) is 12.6 Å². The van der Waals surface area contributed by atoms with Crippen LogP contribution in [0, 0.1) is 11.7 Å². The van der Waals surface area contributed by atoms with E-state index < -0.39 is 29.0 Å². The molecule has 3 nitrogen and oxygen atoms in total. The van der Waals surface area contributed by atoms with E-state index in [9.17, 15) is 22.4 Å². The van der Waals surface area contributed by atoms with Gasteiger partial charge in [-0.05, 0) is 24.5 Å². The summed E-state index contributed by atoms with van der Waals surface area (Å²) >= 11 is 0. The van der Waals surface area contributed by atoms with Gasteiger partial charge >= 0.3 is 6.18 Å². The van der Waals surface area contributed by atoms with Crippen LogP contribution in [-0.2, 0) is 6.18 Å². The smallest absolute Gasteiger partial charge is 0.337 e. The van der Waals surface area contributed by atoms with E-state index in [4.69, 9.17) is 5.73 Å². The SMILES string of the molecule is CC1CC(N)CN(C(=O)c2cccc(C(F)(F)F)c2F)C1. The van der Waals surface area contributed by atoms with E-state index in [1.54, 1.807) is 0 Å². The van der Waals surface area contributed by atoms with E-state index in [2.05, 4.69) is 0 Å². The summed E-state index contributed by atoms with van der Waals surface area (Å²) in [7, 11) is 0. The van der Waals surface area contributed by atoms with Crippen molar-refractivity contribution in [3.8, 4) is 0 Å². The van der Waals surface area contributed by atoms with E-state index in [1.165, 1.54) is 4.90 Å². The van der Waals surface area contributed by atoms with Gasteiger partial charge in [-0.2, -0.15) is 13.2 Å². The van der Waals surface area contributed by atoms with Crippen molar-refractivity contribution in [2.75, 3.05) is 13.1 Å². The van der Waals surface area contributed by atoms with Gasteiger partial charge in [-0.3, -0.25) is 4.79 Å². The van der Waals surface area contributed by atoms with Crippen molar-refractivity contribution in [1.29, 1.82) is 0 Å². The Bertz CT molecular complexity index is 534. The molecule has 21 heavy (non-hydrogen) atoms. The molecule has 1 aliphatic rings. The van der Waals surface area contributed by atoms with Crippen molar-refractivity contribution in [3.05, 3.63) is 35.1 Å². The van der Waals surface area contributed by atoms with Crippen molar-refractivity contribution >= 4 is 5.91 Å². The summed E-state index contributed by atoms with van der Waals surface area (Å²) in [5.41, 5.74) is 3.81. The Kier molecular flexibility index (Phi) is 4.22. The number of nitrogens with zero attached hydrogens (tertiary/aromatic N) is 1. The highest BCUT2D eigenvalue weighted by atomic mass is 19.4. The van der Waals surface area contributed by atoms with Crippen LogP contribution in [0.2, 0.25) is 0 Å². The summed E-state index contributed by atoms with van der Waals surface area (Å²) < 4.78 is 52.0. The normalized spacial score (nSPS) is 23.2. The fourth-order valence-corrected chi connectivity index (χ4v) is 2.65. The molecule has 116 valence electrons. The average molecular weight is 304 g/mol. The van der Waals surface area contributed by atoms with Crippen LogP contribution >= 0.6 is 0 Å². The maximum Gasteiger partial charge on any atom is 0.419 e. The second kappa shape index (κ2) is 5.63. The molecule has 2 N–H and O–H groups in total. The minimum Gasteiger partial charge on any atom is -0.337 e. The molecule has 7 heteroatoms. The van der Waals surface area contributed by atoms with E-state index in [-0.39, 0.29) is 18.5 Å². The number of likely N-dealkylation sites (tertiary alicyclic amines) is 1. The number of carbonyl (C=O) groups is 1. The molecule has 1 heterocycles. The zero-order valence-corrected chi connectivity index (χ0v) is 11.5. The summed E-state index contributed by atoms with van der Waals surface area (Å²) in [6.45, 7) is 2.48. The first-order chi connectivity index (χ1) is 9.70. The highest BCUT2D eigenvalue weighted by molar-refractivity contribution is 5.94. The second-order valence-corrected chi connectivity index (χ2v) is 5.48. The van der Waals surface area contributed by atoms with Crippen LogP contribution < -0.4 is 5.73 Å². The Balaban J connectivity index is 2.32. The van der Waals surface area contributed by atoms with Crippen molar-refractivity contribution in [2.45, 2.75) is 25.6 Å². The first-order valence-electron chi connectivity index (χ1n) is 6.60. The lowest BCUT2D eigenvalue weighted by molar-refractivity contribution is -0.140. The number of halogens is 4. The Morgan fingerprint density at radius 3 is 2.57 bits per heavy atom. The highest BCUT2D eigenvalue weighted by Gasteiger charge is 2.37. The summed E-state index contributed by atoms with van der Waals surface area (Å²) in [5.74, 6) is -2.14. The zero-order valence-electron chi connectivity index (χ0n) is 11.5. The third kappa shape index (κ3) is 3.34. The monoisotopic (exact) mass is 304 g/mol. The summed E-state index contributed by atoms with van der Waals surface area (Å²) in [4.78, 5) is 13.6. The third-order valence-corrected chi connectivity index (χ3v) is 3.51. The van der Waals surface area contributed by atoms with Gasteiger partial charge in [0.1, 0.15) is 5.82 Å². The molecule has 1 saturated heterocycles. The van der Waals surface area contributed by atoms with Gasteiger partial charge in [0.05, 0.1) is 11.1 Å². The number of amides is 1. The number of benzene rings is 1. The van der Waals surface area contributed by atoms with Gasteiger partial charge in [-0.15, -0.1) is 0 Å². The Labute approximate surface area is 119 Å². The summed E-state index contributed by atoms with van der Waals surface area (Å²) in [5, 5.41) is 0. The van der Waals surface area contributed by atoms with Crippen molar-refractivity contribution in [2.24, 2.45) is 11.7 Å². The van der Waals surface area contributed by atoms with Crippen molar-refractivity contribution in [1.82, 2.24) is 4.90 Å². The fourth-order valence-electron chi connectivity index (χ4n) is 2.65. The minimum absolute atomic E-state index is 0.131. The van der Waals surface area contributed by atoms with Crippen LogP contribution in [-0.4, -0.2) is 29.9 Å². The number of carbonyl (C=O) groups excluding carboxylic acids is 1. The van der Waals surface area contributed by atoms with Crippen LogP contribution in [0.15, 0.2) is 18.2 Å². The number of piperidine rings is 1. The lowest BCUT2D eigenvalue weighted by Crippen LogP contribution is -2.49. The Hall–Kier alpha value is -1.63. The van der Waals surface area contributed by atoms with Gasteiger partial charge in [-0.1, -0.05) is 13.0 Å². The van der Waals surface area contributed by atoms with Crippen molar-refractivity contribution < 1.29 is 22.4 Å². The molecule has 0 aliphatic carbocycles. The van der Waals surface area contributed by atoms with Gasteiger partial charge in [0.25, 0.3) is 5.91 Å². The quantitative estimate of drug-likeness (QED) is 0.811. The van der Waals surface area contributed by atoms with Crippen LogP contribution in [0.3, 0.4) is 0 Å². The standard InChI is InChI=1S/C14H16F4N2O/c1-8-5-9(19)7-20(6-8)13(21)10-3-2-4-11(12(10)15)14(16,17)18/h2-4,8-9H,5-7,19H2,1H3. The number of alkyl halides is 3. The van der Waals surface area contributed by atoms with Gasteiger partial charge in [-0.25, -0.2) is 4.39 Å². The molecule has 0 spiro atoms. The molecule has 0 bridgehead atoms. The van der Waals surface area contributed by atoms with E-state index in [1.807, 2.05) is 6.92 Å². The second-order valence-electron chi connectivity index (χ2n) is 5.48. The molecule has 1 aromatic rings. The molecule has 1 aromatic carbocycles. The molecule has 0 aromatic heterocycles. The lowest BCUT2D eigenvalue weighted by atomic mass is 9.95. The van der Waals surface area contributed by atoms with Gasteiger partial charge in [0.2, 0.25) is 0 Å². The maximum atomic E-state index is 14.0. The Morgan fingerprint density at radius 2 is 2.00 bits per heavy atom. The molecule has 0 radical (unpaired) electrons. The van der Waals surface area contributed by atoms with Crippen LogP contribution in [0.1, 0.15) is 29.3 Å². The molecule has 0 saturated carbocycles. The fraction of sp³-hybridized carbons (Fsp3) is 0.500. The van der Waals surface area contributed by atoms with Crippen LogP contribution in [0.25, 0.3) is 0 Å². The van der Waals surface area contributed by atoms with Crippen molar-refractivity contribution in [3.63, 3.8) is 0 Å². The van der Waals surface area contributed by atoms with E-state index in [0.717, 1.165) is 18.6 Å². The van der Waals surface area contributed by atoms with Gasteiger partial charge in [0.15, 0.2) is 0 Å². The number of hydrogen-bond acceptors (Lipinski definition) is 2. The molecule has 2 rings (SSSR count). The average Bonchev–Trinajstić information content (AvgIpc) is 2.35. The van der Waals surface area contributed by atoms with E-state index >= 15 is 0 Å². The highest BCUT2D eigenvalue weighted by Crippen LogP contribution is 2.33. The van der Waals surface area contributed by atoms with Gasteiger partial charge < -0.3 is 10.6 Å². The molecule has 1 fully saturated rings. The largest absolute Gasteiger partial charge is 0.419 e. The molecule has 1 aliphatic heterocycles. The number of nitrogens with two attached hydrogens (primary N) is 1. The molecule has 2 atom stereocenters. The first-order valence-corrected chi connectivity index (χ1v) is 6.60. The first kappa shape index (κ1) is 15.8. The van der Waals surface area contributed by atoms with Crippen LogP contribution in [0.5, 0.6) is 0 Å². The molecule has 2 unspecified atom stereocenters. The topological polar surface area (TPSA) is 46.3 Å². The molecular formula is C14H16F4N2O. The molecule has 1 amide bonds. The Morgan fingerprint density at radius 1 is 1.33 bits per heavy atom. The third-order valence-electron chi connectivity index (χ3n) is 3.51. The lowest BCUT2D eigenvalue weighted by Gasteiger charge is -2.35. The van der Waals surface area contributed by atoms with Gasteiger partial charge in [0, 0.05) is 19.1 Å². The summed E-state index contributed by atoms with van der Waals surface area (Å²) in [6.07, 6.45) is -4.10. The minimum atomic E-state index is -4.83. The number of hydrogen-bond donors (Lipinski definition) is 1.